The van der Waals surface area contributed by atoms with E-state index in [0.717, 1.165) is 57.5 Å². The molecule has 1 aromatic carbocycles. The van der Waals surface area contributed by atoms with Gasteiger partial charge in [0.2, 0.25) is 29.5 Å². The second kappa shape index (κ2) is 40.1. The van der Waals surface area contributed by atoms with Crippen molar-refractivity contribution in [1.82, 2.24) is 51.4 Å². The van der Waals surface area contributed by atoms with Crippen LogP contribution in [0, 0.1) is 11.3 Å². The molecule has 0 radical (unpaired) electrons. The molecule has 7 N–H and O–H groups in total. The number of fused-ring (bicyclic) bond motifs is 1. The zero-order valence-corrected chi connectivity index (χ0v) is 52.5. The number of nitrogen functional groups attached to an aromatic ring is 1. The quantitative estimate of drug-likeness (QED) is 0.0220. The first-order valence-corrected chi connectivity index (χ1v) is 32.0. The van der Waals surface area contributed by atoms with Crippen LogP contribution in [0.1, 0.15) is 60.8 Å². The van der Waals surface area contributed by atoms with Crippen molar-refractivity contribution >= 4 is 73.8 Å². The van der Waals surface area contributed by atoms with Crippen molar-refractivity contribution in [3.8, 4) is 34.2 Å². The third kappa shape index (κ3) is 26.1. The number of likely N-dealkylation sites (tertiary alicyclic amines) is 1. The van der Waals surface area contributed by atoms with E-state index in [0.29, 0.717) is 82.5 Å². The van der Waals surface area contributed by atoms with Gasteiger partial charge >= 0.3 is 6.09 Å². The summed E-state index contributed by atoms with van der Waals surface area (Å²) in [5, 5.41) is 23.3. The average molecular weight is 1310 g/mol. The Hall–Kier alpha value is -7.89. The SMILES string of the molecule is CCCCOCCOCCOCCOCCOCCOCCNC(=O)C(CSSCCNC(=O)OCc1ccc(-c2ccnc3ccc(-c4cnc(OC)c(N)c4)cc23)cn1)NC(=O)CCC(=O)NCc1cc(C(=O)NCC(=O)N2CC(F)(F)C[C@H]2C#N)ccn1. The van der Waals surface area contributed by atoms with E-state index in [-0.39, 0.29) is 69.3 Å². The Balaban J connectivity index is 0.889. The number of nitriles is 1. The molecule has 0 bridgehead atoms. The molecule has 1 aliphatic rings. The highest BCUT2D eigenvalue weighted by Crippen LogP contribution is 2.34. The number of ether oxygens (including phenoxy) is 8. The number of pyridine rings is 4. The molecular formula is C61H78F2N12O14S2. The first-order chi connectivity index (χ1) is 44.2. The lowest BCUT2D eigenvalue weighted by molar-refractivity contribution is -0.131. The van der Waals surface area contributed by atoms with E-state index < -0.39 is 73.1 Å². The van der Waals surface area contributed by atoms with Crippen LogP contribution in [0.3, 0.4) is 0 Å². The fourth-order valence-corrected chi connectivity index (χ4v) is 10.7. The lowest BCUT2D eigenvalue weighted by Gasteiger charge is -2.19. The Kier molecular flexibility index (Phi) is 31.8. The van der Waals surface area contributed by atoms with E-state index in [1.165, 1.54) is 47.0 Å². The summed E-state index contributed by atoms with van der Waals surface area (Å²) in [6, 6.07) is 15.3. The topological polar surface area (TPSA) is 341 Å². The Bertz CT molecular complexity index is 3170. The largest absolute Gasteiger partial charge is 0.480 e. The van der Waals surface area contributed by atoms with Crippen molar-refractivity contribution in [2.75, 3.05) is 130 Å². The van der Waals surface area contributed by atoms with Crippen molar-refractivity contribution < 1.29 is 75.4 Å². The minimum Gasteiger partial charge on any atom is -0.480 e. The summed E-state index contributed by atoms with van der Waals surface area (Å²) in [6.07, 6.45) is 6.57. The maximum absolute atomic E-state index is 13.8. The molecular weight excluding hydrogens is 1230 g/mol. The van der Waals surface area contributed by atoms with Gasteiger partial charge in [0.05, 0.1) is 128 Å². The van der Waals surface area contributed by atoms with Crippen LogP contribution in [0.2, 0.25) is 0 Å². The molecule has 1 unspecified atom stereocenters. The van der Waals surface area contributed by atoms with E-state index in [2.05, 4.69) is 53.4 Å². The molecule has 0 spiro atoms. The first kappa shape index (κ1) is 72.2. The molecule has 492 valence electrons. The highest BCUT2D eigenvalue weighted by Gasteiger charge is 2.47. The number of methoxy groups -OCH3 is 1. The molecule has 6 amide bonds. The number of unbranched alkanes of at least 4 members (excludes halogenated alkanes) is 1. The number of aromatic nitrogens is 4. The molecule has 1 saturated heterocycles. The van der Waals surface area contributed by atoms with E-state index in [1.54, 1.807) is 36.8 Å². The van der Waals surface area contributed by atoms with Crippen LogP contribution in [0.25, 0.3) is 33.2 Å². The van der Waals surface area contributed by atoms with Crippen LogP contribution in [0.5, 0.6) is 5.88 Å². The summed E-state index contributed by atoms with van der Waals surface area (Å²) in [6.45, 7) is 5.76. The lowest BCUT2D eigenvalue weighted by atomic mass is 9.98. The number of alkyl halides is 2. The van der Waals surface area contributed by atoms with Gasteiger partial charge in [0.1, 0.15) is 18.7 Å². The molecule has 0 saturated carbocycles. The molecule has 0 aliphatic carbocycles. The van der Waals surface area contributed by atoms with Crippen molar-refractivity contribution in [2.45, 2.75) is 70.2 Å². The van der Waals surface area contributed by atoms with Gasteiger partial charge < -0.3 is 75.1 Å². The number of anilines is 1. The summed E-state index contributed by atoms with van der Waals surface area (Å²) in [5.41, 5.74) is 11.6. The zero-order chi connectivity index (χ0) is 65.1. The summed E-state index contributed by atoms with van der Waals surface area (Å²) in [7, 11) is 4.14. The number of nitrogens with two attached hydrogens (primary N) is 1. The number of carbonyl (C=O) groups is 6. The third-order valence-corrected chi connectivity index (χ3v) is 15.8. The van der Waals surface area contributed by atoms with Gasteiger partial charge in [-0.2, -0.15) is 5.26 Å². The van der Waals surface area contributed by atoms with Gasteiger partial charge in [-0.25, -0.2) is 18.6 Å². The fourth-order valence-electron chi connectivity index (χ4n) is 8.65. The number of nitrogens with zero attached hydrogens (tertiary/aromatic N) is 6. The normalized spacial score (nSPS) is 13.7. The van der Waals surface area contributed by atoms with Crippen LogP contribution in [-0.4, -0.2) is 203 Å². The number of hydrogen-bond donors (Lipinski definition) is 6. The summed E-state index contributed by atoms with van der Waals surface area (Å²) in [5.74, 6) is -5.49. The Morgan fingerprint density at radius 1 is 0.725 bits per heavy atom. The zero-order valence-electron chi connectivity index (χ0n) is 50.9. The third-order valence-electron chi connectivity index (χ3n) is 13.4. The minimum atomic E-state index is -3.21. The van der Waals surface area contributed by atoms with Crippen molar-refractivity contribution in [3.05, 3.63) is 96.3 Å². The van der Waals surface area contributed by atoms with E-state index in [1.807, 2.05) is 30.3 Å². The molecule has 6 rings (SSSR count). The number of alkyl carbamates (subject to hydrolysis) is 1. The molecule has 5 aromatic rings. The molecule has 26 nitrogen and oxygen atoms in total. The Labute approximate surface area is 534 Å². The van der Waals surface area contributed by atoms with E-state index in [4.69, 9.17) is 43.6 Å². The second-order valence-electron chi connectivity index (χ2n) is 20.2. The van der Waals surface area contributed by atoms with Crippen molar-refractivity contribution in [3.63, 3.8) is 0 Å². The standard InChI is InChI=1S/C61H78F2N12O14S2/c1-3-4-17-83-19-21-85-23-25-87-27-28-88-26-24-86-22-20-84-18-15-68-58(80)53(74-55(77)10-9-54(76)71-37-47-30-43(11-13-66-47)57(79)72-38-56(78)75-41-61(62,63)33-48(75)34-64)40-91-90-29-16-69-60(81)89-39-46-7-5-44(35-70-46)49-12-14-67-52-8-6-42(31-50(49)52)45-32-51(65)59(82-2)73-36-45/h5-8,11-14,30-32,35-36,48,53H,3-4,9-10,15-29,33,37-41,65H2,1-2H3,(H,68,80)(H,69,81)(H,71,76)(H,72,79)(H,74,77)/t48-,53?/m0/s1. The number of amides is 6. The van der Waals surface area contributed by atoms with Crippen LogP contribution < -0.4 is 37.1 Å². The van der Waals surface area contributed by atoms with Gasteiger partial charge in [0, 0.05) is 97.3 Å². The van der Waals surface area contributed by atoms with E-state index in [9.17, 15) is 42.8 Å². The van der Waals surface area contributed by atoms with E-state index >= 15 is 0 Å². The number of benzene rings is 1. The predicted octanol–water partition coefficient (Wildman–Crippen LogP) is 5.04. The molecule has 2 atom stereocenters. The Morgan fingerprint density at radius 2 is 1.40 bits per heavy atom. The number of rotatable bonds is 42. The highest BCUT2D eigenvalue weighted by atomic mass is 33.1. The van der Waals surface area contributed by atoms with Crippen molar-refractivity contribution in [2.24, 2.45) is 0 Å². The van der Waals surface area contributed by atoms with Gasteiger partial charge in [0.25, 0.3) is 11.8 Å². The number of halogens is 2. The molecule has 5 heterocycles. The molecule has 30 heteroatoms. The van der Waals surface area contributed by atoms with Gasteiger partial charge in [-0.15, -0.1) is 0 Å². The summed E-state index contributed by atoms with van der Waals surface area (Å²) < 4.78 is 71.4. The maximum Gasteiger partial charge on any atom is 0.407 e. The second-order valence-corrected chi connectivity index (χ2v) is 22.8. The first-order valence-electron chi connectivity index (χ1n) is 29.6. The van der Waals surface area contributed by atoms with Crippen molar-refractivity contribution in [1.29, 1.82) is 5.26 Å². The Morgan fingerprint density at radius 3 is 2.07 bits per heavy atom. The summed E-state index contributed by atoms with van der Waals surface area (Å²) >= 11 is 0. The minimum absolute atomic E-state index is 0.0680. The van der Waals surface area contributed by atoms with Gasteiger partial charge in [-0.1, -0.05) is 47.1 Å². The van der Waals surface area contributed by atoms with Crippen LogP contribution in [0.4, 0.5) is 19.3 Å². The van der Waals surface area contributed by atoms with Gasteiger partial charge in [-0.3, -0.25) is 38.9 Å². The smallest absolute Gasteiger partial charge is 0.407 e. The number of carbonyl (C=O) groups excluding carboxylic acids is 6. The lowest BCUT2D eigenvalue weighted by Crippen LogP contribution is -2.49. The highest BCUT2D eigenvalue weighted by molar-refractivity contribution is 8.76. The van der Waals surface area contributed by atoms with Crippen LogP contribution in [0.15, 0.2) is 79.4 Å². The molecule has 91 heavy (non-hydrogen) atoms. The van der Waals surface area contributed by atoms with Crippen LogP contribution >= 0.6 is 21.6 Å². The molecule has 1 fully saturated rings. The average Bonchev–Trinajstić information content (AvgIpc) is 1.51. The monoisotopic (exact) mass is 1300 g/mol. The molecule has 4 aromatic heterocycles. The predicted molar refractivity (Wildman–Crippen MR) is 335 cm³/mol. The van der Waals surface area contributed by atoms with Gasteiger partial charge in [0.15, 0.2) is 0 Å². The van der Waals surface area contributed by atoms with Crippen LogP contribution in [-0.2, 0) is 65.5 Å². The number of hydrogen-bond acceptors (Lipinski definition) is 22. The molecule has 1 aliphatic heterocycles. The number of nitrogens with one attached hydrogen (secondary N) is 5. The van der Waals surface area contributed by atoms with Gasteiger partial charge in [-0.05, 0) is 60.0 Å². The summed E-state index contributed by atoms with van der Waals surface area (Å²) in [4.78, 5) is 95.8. The maximum atomic E-state index is 13.8. The fraction of sp³-hybridized carbons (Fsp3) is 0.492.